The highest BCUT2D eigenvalue weighted by atomic mass is 16.5. The van der Waals surface area contributed by atoms with Crippen LogP contribution in [0.15, 0.2) is 170 Å². The molecule has 0 fully saturated rings. The fourth-order valence-electron chi connectivity index (χ4n) is 7.11. The van der Waals surface area contributed by atoms with E-state index in [-0.39, 0.29) is 25.0 Å². The summed E-state index contributed by atoms with van der Waals surface area (Å²) in [6.07, 6.45) is 0. The average molecular weight is 799 g/mol. The molecule has 6 heteroatoms. The molecule has 308 valence electrons. The number of hydrogen-bond donors (Lipinski definition) is 2. The van der Waals surface area contributed by atoms with Gasteiger partial charge in [-0.15, -0.1) is 0 Å². The Hall–Kier alpha value is -6.34. The van der Waals surface area contributed by atoms with Crippen LogP contribution in [0.3, 0.4) is 0 Å². The van der Waals surface area contributed by atoms with Crippen molar-refractivity contribution in [2.45, 2.75) is 46.5 Å². The quantitative estimate of drug-likeness (QED) is 0.108. The monoisotopic (exact) mass is 798 g/mol. The zero-order chi connectivity index (χ0) is 42.4. The number of ether oxygens (including phenoxy) is 2. The van der Waals surface area contributed by atoms with Gasteiger partial charge in [0, 0.05) is 47.3 Å². The predicted molar refractivity (Wildman–Crippen MR) is 249 cm³/mol. The summed E-state index contributed by atoms with van der Waals surface area (Å²) in [4.78, 5) is 4.48. The Balaban J connectivity index is 0.000000205. The summed E-state index contributed by atoms with van der Waals surface area (Å²) in [5.74, 6) is 2.07. The lowest BCUT2D eigenvalue weighted by molar-refractivity contribution is 0.201. The molecule has 7 aromatic carbocycles. The Morgan fingerprint density at radius 3 is 1.08 bits per heavy atom. The summed E-state index contributed by atoms with van der Waals surface area (Å²) in [5, 5.41) is 17.9. The second-order valence-corrected chi connectivity index (χ2v) is 15.3. The van der Waals surface area contributed by atoms with Crippen molar-refractivity contribution in [2.24, 2.45) is 0 Å². The van der Waals surface area contributed by atoms with E-state index < -0.39 is 0 Å². The van der Waals surface area contributed by atoms with Gasteiger partial charge < -0.3 is 29.5 Å². The number of rotatable bonds is 15. The van der Waals surface area contributed by atoms with Crippen LogP contribution in [-0.2, 0) is 0 Å². The minimum atomic E-state index is 0.0136. The number of anilines is 5. The molecule has 6 nitrogen and oxygen atoms in total. The van der Waals surface area contributed by atoms with Gasteiger partial charge in [0.1, 0.15) is 24.7 Å². The Labute approximate surface area is 356 Å². The van der Waals surface area contributed by atoms with Gasteiger partial charge >= 0.3 is 0 Å². The maximum atomic E-state index is 9.02. The van der Waals surface area contributed by atoms with Crippen molar-refractivity contribution in [3.8, 4) is 11.5 Å². The van der Waals surface area contributed by atoms with Gasteiger partial charge in [0.05, 0.1) is 13.2 Å². The van der Waals surface area contributed by atoms with Gasteiger partial charge in [-0.2, -0.15) is 0 Å². The third-order valence-electron chi connectivity index (χ3n) is 10.9. The van der Waals surface area contributed by atoms with E-state index >= 15 is 0 Å². The van der Waals surface area contributed by atoms with E-state index in [2.05, 4.69) is 191 Å². The summed E-state index contributed by atoms with van der Waals surface area (Å²) >= 11 is 0. The third-order valence-corrected chi connectivity index (χ3v) is 10.9. The zero-order valence-corrected chi connectivity index (χ0v) is 35.8. The summed E-state index contributed by atoms with van der Waals surface area (Å²) in [7, 11) is 2.09. The molecule has 0 bridgehead atoms. The van der Waals surface area contributed by atoms with Crippen molar-refractivity contribution in [1.29, 1.82) is 0 Å². The average Bonchev–Trinajstić information content (AvgIpc) is 3.29. The second kappa shape index (κ2) is 21.1. The molecular weight excluding hydrogens is 741 g/mol. The van der Waals surface area contributed by atoms with E-state index in [9.17, 15) is 0 Å². The molecule has 0 spiro atoms. The number of benzene rings is 7. The lowest BCUT2D eigenvalue weighted by atomic mass is 9.93. The molecule has 2 unspecified atom stereocenters. The van der Waals surface area contributed by atoms with Crippen molar-refractivity contribution in [3.05, 3.63) is 209 Å². The lowest BCUT2D eigenvalue weighted by Crippen LogP contribution is -2.10. The van der Waals surface area contributed by atoms with Crippen LogP contribution >= 0.6 is 0 Å². The molecule has 0 aromatic heterocycles. The van der Waals surface area contributed by atoms with Gasteiger partial charge in [-0.3, -0.25) is 0 Å². The highest BCUT2D eigenvalue weighted by Crippen LogP contribution is 2.37. The summed E-state index contributed by atoms with van der Waals surface area (Å²) in [5.41, 5.74) is 14.4. The third kappa shape index (κ3) is 11.4. The first-order chi connectivity index (χ1) is 29.1. The van der Waals surface area contributed by atoms with Crippen LogP contribution < -0.4 is 19.3 Å². The second-order valence-electron chi connectivity index (χ2n) is 15.3. The van der Waals surface area contributed by atoms with Gasteiger partial charge in [-0.05, 0) is 128 Å². The summed E-state index contributed by atoms with van der Waals surface area (Å²) in [6, 6.07) is 59.5. The number of nitrogens with zero attached hydrogens (tertiary/aromatic N) is 2. The Morgan fingerprint density at radius 2 is 0.733 bits per heavy atom. The maximum absolute atomic E-state index is 9.02. The zero-order valence-electron chi connectivity index (χ0n) is 35.8. The van der Waals surface area contributed by atoms with E-state index in [0.717, 1.165) is 34.2 Å². The van der Waals surface area contributed by atoms with Crippen LogP contribution in [0.5, 0.6) is 11.5 Å². The minimum absolute atomic E-state index is 0.0136. The normalized spacial score (nSPS) is 11.8. The van der Waals surface area contributed by atoms with E-state index in [1.165, 1.54) is 44.6 Å². The molecule has 2 N–H and O–H groups in total. The lowest BCUT2D eigenvalue weighted by Gasteiger charge is -2.26. The van der Waals surface area contributed by atoms with E-state index in [0.29, 0.717) is 13.2 Å². The van der Waals surface area contributed by atoms with Crippen LogP contribution in [0.25, 0.3) is 0 Å². The molecule has 7 aromatic rings. The highest BCUT2D eigenvalue weighted by Gasteiger charge is 2.15. The first-order valence-corrected chi connectivity index (χ1v) is 20.7. The van der Waals surface area contributed by atoms with Crippen molar-refractivity contribution in [3.63, 3.8) is 0 Å². The van der Waals surface area contributed by atoms with Gasteiger partial charge in [0.25, 0.3) is 0 Å². The smallest absolute Gasteiger partial charge is 0.119 e. The van der Waals surface area contributed by atoms with Crippen LogP contribution in [-0.4, -0.2) is 43.7 Å². The standard InChI is InChI=1S/C30H31NO2.C24H27NO2/c1-22-7-13-27(14-8-22)31(28-15-9-23(2)10-16-28)29-17-11-25(12-18-29)24(3)26-5-4-6-30(21-26)33-20-19-32;1-18-7-11-22(12-8-18)25(3)23-13-9-20(10-14-23)19(2)21-5-4-6-24(17-21)27-16-15-26/h4-18,21,24,32H,19-20H2,1-3H3;4-14,17,19,26H,15-16H2,1-3H3. The molecule has 0 aliphatic rings. The fraction of sp³-hybridized carbons (Fsp3) is 0.222. The minimum Gasteiger partial charge on any atom is -0.491 e. The fourth-order valence-corrected chi connectivity index (χ4v) is 7.11. The predicted octanol–water partition coefficient (Wildman–Crippen LogP) is 12.6. The molecule has 0 heterocycles. The summed E-state index contributed by atoms with van der Waals surface area (Å²) < 4.78 is 11.1. The number of aryl methyl sites for hydroxylation is 3. The van der Waals surface area contributed by atoms with Crippen LogP contribution in [0, 0.1) is 20.8 Å². The molecule has 2 atom stereocenters. The van der Waals surface area contributed by atoms with E-state index in [1.807, 2.05) is 30.3 Å². The Morgan fingerprint density at radius 1 is 0.417 bits per heavy atom. The maximum Gasteiger partial charge on any atom is 0.119 e. The molecule has 0 amide bonds. The van der Waals surface area contributed by atoms with Crippen molar-refractivity contribution in [2.75, 3.05) is 43.3 Å². The van der Waals surface area contributed by atoms with Crippen molar-refractivity contribution < 1.29 is 19.7 Å². The molecule has 0 aliphatic heterocycles. The number of aliphatic hydroxyl groups excluding tert-OH is 2. The molecule has 0 radical (unpaired) electrons. The van der Waals surface area contributed by atoms with Crippen molar-refractivity contribution >= 4 is 28.4 Å². The van der Waals surface area contributed by atoms with Gasteiger partial charge in [-0.25, -0.2) is 0 Å². The van der Waals surface area contributed by atoms with Gasteiger partial charge in [0.15, 0.2) is 0 Å². The Bertz CT molecular complexity index is 2310. The largest absolute Gasteiger partial charge is 0.491 e. The Kier molecular flexibility index (Phi) is 15.2. The molecular formula is C54H58N2O4. The summed E-state index contributed by atoms with van der Waals surface area (Å²) in [6.45, 7) is 11.4. The molecule has 60 heavy (non-hydrogen) atoms. The van der Waals surface area contributed by atoms with Crippen LogP contribution in [0.1, 0.15) is 64.6 Å². The van der Waals surface area contributed by atoms with E-state index in [1.54, 1.807) is 0 Å². The van der Waals surface area contributed by atoms with E-state index in [4.69, 9.17) is 19.7 Å². The topological polar surface area (TPSA) is 65.4 Å². The van der Waals surface area contributed by atoms with Crippen LogP contribution in [0.4, 0.5) is 28.4 Å². The molecule has 0 aliphatic carbocycles. The van der Waals surface area contributed by atoms with Gasteiger partial charge in [-0.1, -0.05) is 115 Å². The number of aliphatic hydroxyl groups is 2. The van der Waals surface area contributed by atoms with Crippen molar-refractivity contribution in [1.82, 2.24) is 0 Å². The highest BCUT2D eigenvalue weighted by molar-refractivity contribution is 5.77. The first-order valence-electron chi connectivity index (χ1n) is 20.7. The number of hydrogen-bond acceptors (Lipinski definition) is 6. The van der Waals surface area contributed by atoms with Gasteiger partial charge in [0.2, 0.25) is 0 Å². The molecule has 7 rings (SSSR count). The molecule has 0 saturated carbocycles. The van der Waals surface area contributed by atoms with Crippen LogP contribution in [0.2, 0.25) is 0 Å². The SMILES string of the molecule is Cc1ccc(N(C)c2ccc(C(C)c3cccc(OCCO)c3)cc2)cc1.Cc1ccc(N(c2ccc(C)cc2)c2ccc(C(C)c3cccc(OCCO)c3)cc2)cc1. The first kappa shape index (κ1) is 43.2. The molecule has 0 saturated heterocycles.